The number of nitrogens with zero attached hydrogens (tertiary/aromatic N) is 6. The van der Waals surface area contributed by atoms with Crippen molar-refractivity contribution in [3.8, 4) is 6.07 Å². The molecule has 3 aliphatic heterocycles. The van der Waals surface area contributed by atoms with Crippen molar-refractivity contribution in [3.63, 3.8) is 0 Å². The van der Waals surface area contributed by atoms with E-state index in [1.165, 1.54) is 11.1 Å². The van der Waals surface area contributed by atoms with Crippen LogP contribution in [0.5, 0.6) is 0 Å². The Kier molecular flexibility index (Phi) is 4.46. The first-order chi connectivity index (χ1) is 15.9. The van der Waals surface area contributed by atoms with Gasteiger partial charge in [-0.2, -0.15) is 10.4 Å². The third-order valence-electron chi connectivity index (χ3n) is 7.76. The first-order valence-corrected chi connectivity index (χ1v) is 11.6. The van der Waals surface area contributed by atoms with E-state index in [1.54, 1.807) is 10.7 Å². The molecule has 8 nitrogen and oxygen atoms in total. The van der Waals surface area contributed by atoms with Crippen LogP contribution in [0.3, 0.4) is 0 Å². The predicted molar refractivity (Wildman–Crippen MR) is 127 cm³/mol. The zero-order valence-electron chi connectivity index (χ0n) is 19.0. The number of nitriles is 1. The maximum atomic E-state index is 10.5. The number of fused-ring (bicyclic) bond motifs is 4. The minimum absolute atomic E-state index is 0.238. The van der Waals surface area contributed by atoms with Crippen LogP contribution >= 0.6 is 0 Å². The van der Waals surface area contributed by atoms with Crippen LogP contribution in [0.25, 0.3) is 5.52 Å². The molecule has 2 saturated heterocycles. The van der Waals surface area contributed by atoms with E-state index in [-0.39, 0.29) is 6.04 Å². The molecule has 0 bridgehead atoms. The summed E-state index contributed by atoms with van der Waals surface area (Å²) >= 11 is 0. The van der Waals surface area contributed by atoms with Crippen molar-refractivity contribution in [1.29, 1.82) is 5.26 Å². The van der Waals surface area contributed by atoms with Gasteiger partial charge in [-0.15, -0.1) is 0 Å². The number of benzene rings is 1. The highest BCUT2D eigenvalue weighted by Gasteiger charge is 2.41. The van der Waals surface area contributed by atoms with Gasteiger partial charge in [-0.05, 0) is 55.3 Å². The van der Waals surface area contributed by atoms with E-state index in [1.807, 2.05) is 19.1 Å². The molecule has 0 saturated carbocycles. The van der Waals surface area contributed by atoms with Crippen molar-refractivity contribution in [1.82, 2.24) is 14.5 Å². The zero-order chi connectivity index (χ0) is 22.9. The molecule has 3 N–H and O–H groups in total. The molecule has 3 aromatic rings. The number of hydrogen-bond donors (Lipinski definition) is 2. The van der Waals surface area contributed by atoms with E-state index in [4.69, 9.17) is 5.73 Å². The summed E-state index contributed by atoms with van der Waals surface area (Å²) in [6.45, 7) is 8.10. The Labute approximate surface area is 193 Å². The lowest BCUT2D eigenvalue weighted by atomic mass is 10.0. The van der Waals surface area contributed by atoms with Gasteiger partial charge >= 0.3 is 0 Å². The molecule has 0 aliphatic carbocycles. The van der Waals surface area contributed by atoms with Crippen molar-refractivity contribution < 1.29 is 5.11 Å². The lowest BCUT2D eigenvalue weighted by Gasteiger charge is -2.43. The average molecular weight is 444 g/mol. The monoisotopic (exact) mass is 443 g/mol. The quantitative estimate of drug-likeness (QED) is 0.624. The second kappa shape index (κ2) is 7.19. The Morgan fingerprint density at radius 1 is 1.15 bits per heavy atom. The summed E-state index contributed by atoms with van der Waals surface area (Å²) in [5.74, 6) is 0. The molecule has 4 atom stereocenters. The third kappa shape index (κ3) is 3.11. The average Bonchev–Trinajstić information content (AvgIpc) is 3.49. The Hall–Kier alpha value is -3.12. The van der Waals surface area contributed by atoms with E-state index in [0.717, 1.165) is 36.5 Å². The lowest BCUT2D eigenvalue weighted by molar-refractivity contribution is 0.0674. The Balaban J connectivity index is 1.31. The molecule has 3 aliphatic rings. The van der Waals surface area contributed by atoms with Gasteiger partial charge in [0.1, 0.15) is 11.8 Å². The summed E-state index contributed by atoms with van der Waals surface area (Å²) in [5, 5.41) is 24.3. The molecule has 2 aromatic heterocycles. The molecule has 1 aromatic carbocycles. The molecular formula is C25H29N7O. The fourth-order valence-electron chi connectivity index (χ4n) is 5.86. The molecule has 5 heterocycles. The van der Waals surface area contributed by atoms with Crippen LogP contribution in [0.4, 0.5) is 11.4 Å². The maximum absolute atomic E-state index is 10.5. The largest absolute Gasteiger partial charge is 0.387 e. The molecular weight excluding hydrogens is 414 g/mol. The number of nitrogens with two attached hydrogens (primary N) is 1. The fraction of sp³-hybridized carbons (Fsp3) is 0.440. The standard InChI is InChI=1S/C25H29N7O/c1-16-11-29(21-6-4-19(10-26)32-22(21)7-8-28-32)13-23-20-5-3-18(9-17(20)12-31(16)23)30-14-24(27)25(2,33)15-30/h3-9,16,23-24,33H,11-15,27H2,1-2H3/t16-,23-,24-,25-/m1/s1. The second-order valence-corrected chi connectivity index (χ2v) is 10.0. The van der Waals surface area contributed by atoms with Gasteiger partial charge in [0.05, 0.1) is 35.1 Å². The molecule has 0 spiro atoms. The van der Waals surface area contributed by atoms with Crippen molar-refractivity contribution in [2.75, 3.05) is 36.0 Å². The summed E-state index contributed by atoms with van der Waals surface area (Å²) in [5.41, 5.74) is 11.8. The number of aliphatic hydroxyl groups is 1. The number of β-amino-alcohol motifs (C(OH)–C–C–N with tert-alkyl or cyclic N) is 1. The normalized spacial score (nSPS) is 29.4. The van der Waals surface area contributed by atoms with Crippen LogP contribution in [0.15, 0.2) is 42.6 Å². The first kappa shape index (κ1) is 20.5. The highest BCUT2D eigenvalue weighted by Crippen LogP contribution is 2.42. The molecule has 6 rings (SSSR count). The minimum atomic E-state index is -0.856. The van der Waals surface area contributed by atoms with E-state index >= 15 is 0 Å². The number of piperazine rings is 1. The Bertz CT molecular complexity index is 1280. The number of anilines is 2. The van der Waals surface area contributed by atoms with Crippen LogP contribution in [0.2, 0.25) is 0 Å². The minimum Gasteiger partial charge on any atom is -0.387 e. The first-order valence-electron chi connectivity index (χ1n) is 11.6. The molecule has 8 heteroatoms. The predicted octanol–water partition coefficient (Wildman–Crippen LogP) is 1.87. The number of rotatable bonds is 2. The molecule has 170 valence electrons. The van der Waals surface area contributed by atoms with Gasteiger partial charge in [0.2, 0.25) is 0 Å². The number of pyridine rings is 1. The topological polar surface area (TPSA) is 97.1 Å². The van der Waals surface area contributed by atoms with E-state index < -0.39 is 5.60 Å². The van der Waals surface area contributed by atoms with Gasteiger partial charge in [-0.25, -0.2) is 4.52 Å². The Morgan fingerprint density at radius 2 is 2.00 bits per heavy atom. The van der Waals surface area contributed by atoms with Gasteiger partial charge in [0.25, 0.3) is 0 Å². The van der Waals surface area contributed by atoms with Gasteiger partial charge in [0.15, 0.2) is 0 Å². The number of hydrogen-bond acceptors (Lipinski definition) is 7. The van der Waals surface area contributed by atoms with Gasteiger partial charge < -0.3 is 20.6 Å². The van der Waals surface area contributed by atoms with Crippen molar-refractivity contribution in [2.24, 2.45) is 5.73 Å². The summed E-state index contributed by atoms with van der Waals surface area (Å²) in [7, 11) is 0. The third-order valence-corrected chi connectivity index (χ3v) is 7.76. The summed E-state index contributed by atoms with van der Waals surface area (Å²) in [6, 6.07) is 15.3. The highest BCUT2D eigenvalue weighted by atomic mass is 16.3. The smallest absolute Gasteiger partial charge is 0.142 e. The van der Waals surface area contributed by atoms with Crippen LogP contribution in [0, 0.1) is 11.3 Å². The molecule has 2 fully saturated rings. The molecule has 33 heavy (non-hydrogen) atoms. The SMILES string of the molecule is C[C@@H]1CN(c2ccc(C#N)n3nccc23)C[C@@H]2c3ccc(N4C[C@@H](N)[C@](C)(O)C4)cc3CN12. The lowest BCUT2D eigenvalue weighted by Crippen LogP contribution is -2.51. The maximum Gasteiger partial charge on any atom is 0.142 e. The molecule has 0 amide bonds. The van der Waals surface area contributed by atoms with Crippen LogP contribution in [0.1, 0.15) is 36.7 Å². The van der Waals surface area contributed by atoms with Gasteiger partial charge in [-0.3, -0.25) is 4.90 Å². The summed E-state index contributed by atoms with van der Waals surface area (Å²) < 4.78 is 1.73. The van der Waals surface area contributed by atoms with Gasteiger partial charge in [-0.1, -0.05) is 6.07 Å². The second-order valence-electron chi connectivity index (χ2n) is 10.0. The molecule has 0 unspecified atom stereocenters. The highest BCUT2D eigenvalue weighted by molar-refractivity contribution is 5.74. The van der Waals surface area contributed by atoms with Crippen molar-refractivity contribution in [2.45, 2.75) is 44.1 Å². The Morgan fingerprint density at radius 3 is 2.76 bits per heavy atom. The van der Waals surface area contributed by atoms with Crippen LogP contribution in [-0.2, 0) is 6.54 Å². The van der Waals surface area contributed by atoms with Crippen molar-refractivity contribution >= 4 is 16.9 Å². The fourth-order valence-corrected chi connectivity index (χ4v) is 5.86. The van der Waals surface area contributed by atoms with Gasteiger partial charge in [0, 0.05) is 44.5 Å². The molecule has 0 radical (unpaired) electrons. The zero-order valence-corrected chi connectivity index (χ0v) is 19.0. The number of aromatic nitrogens is 2. The van der Waals surface area contributed by atoms with E-state index in [2.05, 4.69) is 57.1 Å². The van der Waals surface area contributed by atoms with E-state index in [0.29, 0.717) is 30.9 Å². The van der Waals surface area contributed by atoms with Crippen molar-refractivity contribution in [3.05, 3.63) is 59.4 Å². The summed E-state index contributed by atoms with van der Waals surface area (Å²) in [4.78, 5) is 7.23. The summed E-state index contributed by atoms with van der Waals surface area (Å²) in [6.07, 6.45) is 1.76. The van der Waals surface area contributed by atoms with Crippen LogP contribution < -0.4 is 15.5 Å². The van der Waals surface area contributed by atoms with E-state index in [9.17, 15) is 10.4 Å². The van der Waals surface area contributed by atoms with Crippen LogP contribution in [-0.4, -0.2) is 63.5 Å².